The van der Waals surface area contributed by atoms with Gasteiger partial charge in [-0.05, 0) is 35.6 Å². The molecular formula is C17H20O. The number of rotatable bonds is 3. The smallest absolute Gasteiger partial charge is 0.130 e. The fourth-order valence-corrected chi connectivity index (χ4v) is 1.94. The van der Waals surface area contributed by atoms with Gasteiger partial charge in [-0.2, -0.15) is 0 Å². The number of hydrogen-bond acceptors (Lipinski definition) is 1. The predicted octanol–water partition coefficient (Wildman–Crippen LogP) is 5.07. The lowest BCUT2D eigenvalue weighted by molar-refractivity contribution is 0.397. The number of benzene rings is 2. The molecular weight excluding hydrogens is 220 g/mol. The fourth-order valence-electron chi connectivity index (χ4n) is 1.94. The Balaban J connectivity index is 2.23. The first-order valence-electron chi connectivity index (χ1n) is 6.35. The summed E-state index contributed by atoms with van der Waals surface area (Å²) < 4.78 is 5.96. The van der Waals surface area contributed by atoms with E-state index in [2.05, 4.69) is 32.9 Å². The minimum atomic E-state index is 0.260. The molecule has 0 aliphatic rings. The van der Waals surface area contributed by atoms with Crippen LogP contribution in [0.3, 0.4) is 0 Å². The largest absolute Gasteiger partial charge is 0.457 e. The van der Waals surface area contributed by atoms with Crippen LogP contribution in [-0.4, -0.2) is 0 Å². The Hall–Kier alpha value is -1.76. The van der Waals surface area contributed by atoms with Crippen LogP contribution in [0.5, 0.6) is 11.5 Å². The van der Waals surface area contributed by atoms with Crippen LogP contribution in [0.2, 0.25) is 0 Å². The van der Waals surface area contributed by atoms with E-state index in [0.29, 0.717) is 0 Å². The normalized spacial score (nSPS) is 11.3. The molecule has 2 rings (SSSR count). The third-order valence-electron chi connectivity index (χ3n) is 2.66. The van der Waals surface area contributed by atoms with Gasteiger partial charge in [0.05, 0.1) is 0 Å². The van der Waals surface area contributed by atoms with Crippen molar-refractivity contribution in [2.45, 2.75) is 27.2 Å². The van der Waals surface area contributed by atoms with E-state index < -0.39 is 0 Å². The molecule has 0 aromatic heterocycles. The molecule has 0 aliphatic carbocycles. The maximum absolute atomic E-state index is 5.96. The summed E-state index contributed by atoms with van der Waals surface area (Å²) in [5, 5.41) is 0. The summed E-state index contributed by atoms with van der Waals surface area (Å²) in [5.74, 6) is 1.84. The molecule has 0 atom stereocenters. The number of para-hydroxylation sites is 2. The maximum atomic E-state index is 5.96. The Labute approximate surface area is 109 Å². The van der Waals surface area contributed by atoms with E-state index in [0.717, 1.165) is 17.9 Å². The summed E-state index contributed by atoms with van der Waals surface area (Å²) in [6.07, 6.45) is 1.01. The summed E-state index contributed by atoms with van der Waals surface area (Å²) in [4.78, 5) is 0. The molecule has 0 fully saturated rings. The van der Waals surface area contributed by atoms with Crippen molar-refractivity contribution < 1.29 is 4.74 Å². The Morgan fingerprint density at radius 3 is 2.11 bits per heavy atom. The standard InChI is InChI=1S/C17H20O/c1-17(2,3)13-14-9-7-8-12-16(14)18-15-10-5-4-6-11-15/h4-12H,13H2,1-3H3. The summed E-state index contributed by atoms with van der Waals surface area (Å²) >= 11 is 0. The Morgan fingerprint density at radius 1 is 0.833 bits per heavy atom. The summed E-state index contributed by atoms with van der Waals surface area (Å²) in [6, 6.07) is 18.2. The van der Waals surface area contributed by atoms with Gasteiger partial charge in [-0.25, -0.2) is 0 Å². The van der Waals surface area contributed by atoms with Crippen LogP contribution in [0.1, 0.15) is 26.3 Å². The molecule has 0 N–H and O–H groups in total. The molecule has 2 aromatic rings. The zero-order chi connectivity index (χ0) is 13.0. The molecule has 0 heterocycles. The van der Waals surface area contributed by atoms with Gasteiger partial charge in [-0.1, -0.05) is 57.2 Å². The molecule has 0 radical (unpaired) electrons. The first-order chi connectivity index (χ1) is 8.54. The SMILES string of the molecule is CC(C)(C)Cc1ccccc1Oc1ccccc1. The van der Waals surface area contributed by atoms with Crippen molar-refractivity contribution in [2.24, 2.45) is 5.41 Å². The fraction of sp³-hybridized carbons (Fsp3) is 0.294. The van der Waals surface area contributed by atoms with Crippen LogP contribution < -0.4 is 4.74 Å². The minimum Gasteiger partial charge on any atom is -0.457 e. The van der Waals surface area contributed by atoms with Gasteiger partial charge in [-0.15, -0.1) is 0 Å². The lowest BCUT2D eigenvalue weighted by atomic mass is 9.88. The lowest BCUT2D eigenvalue weighted by Crippen LogP contribution is -2.09. The third kappa shape index (κ3) is 3.63. The zero-order valence-electron chi connectivity index (χ0n) is 11.3. The van der Waals surface area contributed by atoms with Gasteiger partial charge in [0.2, 0.25) is 0 Å². The van der Waals surface area contributed by atoms with Crippen LogP contribution in [0.15, 0.2) is 54.6 Å². The highest BCUT2D eigenvalue weighted by atomic mass is 16.5. The van der Waals surface area contributed by atoms with Crippen molar-refractivity contribution >= 4 is 0 Å². The van der Waals surface area contributed by atoms with Crippen molar-refractivity contribution in [1.82, 2.24) is 0 Å². The average Bonchev–Trinajstić information content (AvgIpc) is 2.31. The molecule has 0 saturated carbocycles. The number of hydrogen-bond donors (Lipinski definition) is 0. The second-order valence-corrected chi connectivity index (χ2v) is 5.76. The molecule has 0 bridgehead atoms. The van der Waals surface area contributed by atoms with E-state index >= 15 is 0 Å². The topological polar surface area (TPSA) is 9.23 Å². The van der Waals surface area contributed by atoms with Crippen molar-refractivity contribution in [3.8, 4) is 11.5 Å². The minimum absolute atomic E-state index is 0.260. The highest BCUT2D eigenvalue weighted by molar-refractivity contribution is 5.38. The highest BCUT2D eigenvalue weighted by Gasteiger charge is 2.14. The maximum Gasteiger partial charge on any atom is 0.130 e. The van der Waals surface area contributed by atoms with Crippen LogP contribution in [-0.2, 0) is 6.42 Å². The third-order valence-corrected chi connectivity index (χ3v) is 2.66. The van der Waals surface area contributed by atoms with E-state index in [9.17, 15) is 0 Å². The van der Waals surface area contributed by atoms with Crippen molar-refractivity contribution in [1.29, 1.82) is 0 Å². The van der Waals surface area contributed by atoms with Crippen molar-refractivity contribution in [3.05, 3.63) is 60.2 Å². The zero-order valence-corrected chi connectivity index (χ0v) is 11.3. The van der Waals surface area contributed by atoms with Crippen LogP contribution in [0.25, 0.3) is 0 Å². The van der Waals surface area contributed by atoms with E-state index in [1.165, 1.54) is 5.56 Å². The summed E-state index contributed by atoms with van der Waals surface area (Å²) in [7, 11) is 0. The molecule has 1 heteroatoms. The van der Waals surface area contributed by atoms with Gasteiger partial charge in [0.1, 0.15) is 11.5 Å². The van der Waals surface area contributed by atoms with Gasteiger partial charge >= 0.3 is 0 Å². The average molecular weight is 240 g/mol. The second kappa shape index (κ2) is 5.26. The van der Waals surface area contributed by atoms with E-state index in [4.69, 9.17) is 4.74 Å². The van der Waals surface area contributed by atoms with E-state index in [-0.39, 0.29) is 5.41 Å². The van der Waals surface area contributed by atoms with Gasteiger partial charge in [0.25, 0.3) is 0 Å². The Bertz CT molecular complexity index is 495. The van der Waals surface area contributed by atoms with Crippen LogP contribution in [0, 0.1) is 5.41 Å². The van der Waals surface area contributed by atoms with Gasteiger partial charge in [-0.3, -0.25) is 0 Å². The Morgan fingerprint density at radius 2 is 1.44 bits per heavy atom. The van der Waals surface area contributed by atoms with Gasteiger partial charge < -0.3 is 4.74 Å². The molecule has 0 saturated heterocycles. The first-order valence-corrected chi connectivity index (χ1v) is 6.35. The molecule has 0 spiro atoms. The van der Waals surface area contributed by atoms with Crippen LogP contribution in [0.4, 0.5) is 0 Å². The lowest BCUT2D eigenvalue weighted by Gasteiger charge is -2.20. The molecule has 0 unspecified atom stereocenters. The van der Waals surface area contributed by atoms with E-state index in [1.807, 2.05) is 42.5 Å². The molecule has 0 amide bonds. The molecule has 1 nitrogen and oxygen atoms in total. The van der Waals surface area contributed by atoms with Crippen LogP contribution >= 0.6 is 0 Å². The van der Waals surface area contributed by atoms with Crippen molar-refractivity contribution in [3.63, 3.8) is 0 Å². The molecule has 18 heavy (non-hydrogen) atoms. The molecule has 2 aromatic carbocycles. The molecule has 0 aliphatic heterocycles. The quantitative estimate of drug-likeness (QED) is 0.728. The number of ether oxygens (including phenoxy) is 1. The van der Waals surface area contributed by atoms with E-state index in [1.54, 1.807) is 0 Å². The van der Waals surface area contributed by atoms with Gasteiger partial charge in [0.15, 0.2) is 0 Å². The first kappa shape index (κ1) is 12.7. The van der Waals surface area contributed by atoms with Crippen molar-refractivity contribution in [2.75, 3.05) is 0 Å². The predicted molar refractivity (Wildman–Crippen MR) is 76.1 cm³/mol. The monoisotopic (exact) mass is 240 g/mol. The summed E-state index contributed by atoms with van der Waals surface area (Å²) in [5.41, 5.74) is 1.52. The Kier molecular flexibility index (Phi) is 3.71. The summed E-state index contributed by atoms with van der Waals surface area (Å²) in [6.45, 7) is 6.73. The van der Waals surface area contributed by atoms with Gasteiger partial charge in [0, 0.05) is 0 Å². The second-order valence-electron chi connectivity index (χ2n) is 5.76. The molecule has 94 valence electrons. The highest BCUT2D eigenvalue weighted by Crippen LogP contribution is 2.30.